The maximum Gasteiger partial charge on any atom is -0.00205 e. The molecule has 1 aliphatic carbocycles. The maximum absolute atomic E-state index is 3.65. The minimum atomic E-state index is 0.948. The van der Waals surface area contributed by atoms with Crippen LogP contribution in [0.5, 0.6) is 0 Å². The van der Waals surface area contributed by atoms with Gasteiger partial charge in [0.15, 0.2) is 0 Å². The summed E-state index contributed by atoms with van der Waals surface area (Å²) < 4.78 is 0. The molecule has 1 rings (SSSR count). The third-order valence-corrected chi connectivity index (χ3v) is 4.15. The molecule has 0 saturated heterocycles. The smallest absolute Gasteiger partial charge is 0.00205 e. The van der Waals surface area contributed by atoms with Crippen LogP contribution < -0.4 is 16.0 Å². The van der Waals surface area contributed by atoms with Crippen LogP contribution in [0.15, 0.2) is 0 Å². The van der Waals surface area contributed by atoms with Gasteiger partial charge in [0.05, 0.1) is 0 Å². The first kappa shape index (κ1) is 16.9. The fourth-order valence-corrected chi connectivity index (χ4v) is 2.90. The first-order valence-corrected chi connectivity index (χ1v) is 8.49. The van der Waals surface area contributed by atoms with Crippen molar-refractivity contribution in [2.75, 3.05) is 39.8 Å². The predicted molar refractivity (Wildman–Crippen MR) is 84.7 cm³/mol. The van der Waals surface area contributed by atoms with Crippen LogP contribution in [0.3, 0.4) is 0 Å². The molecule has 0 bridgehead atoms. The van der Waals surface area contributed by atoms with Crippen molar-refractivity contribution in [3.8, 4) is 0 Å². The van der Waals surface area contributed by atoms with Crippen molar-refractivity contribution in [3.05, 3.63) is 0 Å². The van der Waals surface area contributed by atoms with E-state index in [2.05, 4.69) is 16.0 Å². The average Bonchev–Trinajstić information content (AvgIpc) is 2.39. The van der Waals surface area contributed by atoms with Crippen molar-refractivity contribution in [3.63, 3.8) is 0 Å². The van der Waals surface area contributed by atoms with Gasteiger partial charge in [-0.2, -0.15) is 0 Å². The molecule has 3 heteroatoms. The normalized spacial score (nSPS) is 18.2. The lowest BCUT2D eigenvalue weighted by Gasteiger charge is -2.20. The van der Waals surface area contributed by atoms with Crippen LogP contribution in [-0.4, -0.2) is 39.8 Å². The van der Waals surface area contributed by atoms with Crippen molar-refractivity contribution >= 4 is 0 Å². The van der Waals surface area contributed by atoms with Gasteiger partial charge in [-0.3, -0.25) is 0 Å². The highest BCUT2D eigenvalue weighted by Gasteiger charge is 2.10. The van der Waals surface area contributed by atoms with E-state index in [4.69, 9.17) is 0 Å². The molecular weight excluding hydrogens is 234 g/mol. The fraction of sp³-hybridized carbons (Fsp3) is 1.00. The number of hydrogen-bond donors (Lipinski definition) is 3. The second-order valence-electron chi connectivity index (χ2n) is 5.98. The van der Waals surface area contributed by atoms with Gasteiger partial charge < -0.3 is 16.0 Å². The third-order valence-electron chi connectivity index (χ3n) is 4.15. The minimum absolute atomic E-state index is 0.948. The molecule has 0 unspecified atom stereocenters. The lowest BCUT2D eigenvalue weighted by molar-refractivity contribution is 0.360. The van der Waals surface area contributed by atoms with Gasteiger partial charge in [0.25, 0.3) is 0 Å². The van der Waals surface area contributed by atoms with E-state index in [-0.39, 0.29) is 0 Å². The van der Waals surface area contributed by atoms with Crippen LogP contribution in [0, 0.1) is 5.92 Å². The Morgan fingerprint density at radius 3 is 2.00 bits per heavy atom. The molecule has 0 aliphatic heterocycles. The predicted octanol–water partition coefficient (Wildman–Crippen LogP) is 2.53. The van der Waals surface area contributed by atoms with Gasteiger partial charge in [-0.25, -0.2) is 0 Å². The molecule has 0 aromatic carbocycles. The Morgan fingerprint density at radius 1 is 0.737 bits per heavy atom. The lowest BCUT2D eigenvalue weighted by atomic mass is 9.91. The molecule has 19 heavy (non-hydrogen) atoms. The Kier molecular flexibility index (Phi) is 11.5. The molecule has 0 aromatic heterocycles. The van der Waals surface area contributed by atoms with Gasteiger partial charge in [0.1, 0.15) is 0 Å². The van der Waals surface area contributed by atoms with E-state index >= 15 is 0 Å². The van der Waals surface area contributed by atoms with Gasteiger partial charge in [-0.05, 0) is 71.4 Å². The molecule has 0 spiro atoms. The lowest BCUT2D eigenvalue weighted by Crippen LogP contribution is -2.27. The van der Waals surface area contributed by atoms with Crippen LogP contribution >= 0.6 is 0 Å². The molecule has 1 fully saturated rings. The highest BCUT2D eigenvalue weighted by Crippen LogP contribution is 2.21. The van der Waals surface area contributed by atoms with E-state index in [1.165, 1.54) is 70.9 Å². The third kappa shape index (κ3) is 10.3. The van der Waals surface area contributed by atoms with Gasteiger partial charge in [0.2, 0.25) is 0 Å². The van der Waals surface area contributed by atoms with Crippen molar-refractivity contribution in [1.29, 1.82) is 0 Å². The van der Waals surface area contributed by atoms with Gasteiger partial charge in [-0.15, -0.1) is 0 Å². The summed E-state index contributed by atoms with van der Waals surface area (Å²) in [7, 11) is 2.01. The van der Waals surface area contributed by atoms with Crippen molar-refractivity contribution in [2.45, 2.75) is 57.8 Å². The molecule has 0 aromatic rings. The van der Waals surface area contributed by atoms with Gasteiger partial charge in [0, 0.05) is 0 Å². The average molecular weight is 269 g/mol. The molecule has 0 atom stereocenters. The number of nitrogens with one attached hydrogen (secondary N) is 3. The second kappa shape index (κ2) is 12.9. The number of hydrogen-bond acceptors (Lipinski definition) is 3. The molecule has 0 radical (unpaired) electrons. The highest BCUT2D eigenvalue weighted by atomic mass is 14.9. The Labute approximate surface area is 120 Å². The summed E-state index contributed by atoms with van der Waals surface area (Å²) in [4.78, 5) is 0. The second-order valence-corrected chi connectivity index (χ2v) is 5.98. The number of rotatable bonds is 10. The molecule has 1 saturated carbocycles. The summed E-state index contributed by atoms with van der Waals surface area (Å²) in [5, 5.41) is 10.3. The van der Waals surface area contributed by atoms with Crippen molar-refractivity contribution < 1.29 is 0 Å². The van der Waals surface area contributed by atoms with E-state index < -0.39 is 0 Å². The molecule has 0 amide bonds. The van der Waals surface area contributed by atoms with Gasteiger partial charge >= 0.3 is 0 Å². The summed E-state index contributed by atoms with van der Waals surface area (Å²) in [6, 6.07) is 0. The summed E-state index contributed by atoms with van der Waals surface area (Å²) in [6.07, 6.45) is 12.7. The zero-order valence-electron chi connectivity index (χ0n) is 13.0. The Balaban J connectivity index is 1.84. The summed E-state index contributed by atoms with van der Waals surface area (Å²) in [5.74, 6) is 0.948. The van der Waals surface area contributed by atoms with E-state index in [1.807, 2.05) is 7.05 Å². The van der Waals surface area contributed by atoms with Crippen molar-refractivity contribution in [2.24, 2.45) is 5.92 Å². The summed E-state index contributed by atoms with van der Waals surface area (Å²) in [6.45, 7) is 5.84. The fourth-order valence-electron chi connectivity index (χ4n) is 2.90. The quantitative estimate of drug-likeness (QED) is 0.533. The Bertz CT molecular complexity index is 177. The minimum Gasteiger partial charge on any atom is -0.320 e. The molecule has 1 aliphatic rings. The van der Waals surface area contributed by atoms with Crippen LogP contribution in [0.2, 0.25) is 0 Å². The standard InChI is InChI=1S/C16H35N3/c1-17-11-7-12-18-13-8-14-19-15-16-9-5-3-2-4-6-10-16/h16-19H,2-15H2,1H3. The zero-order valence-corrected chi connectivity index (χ0v) is 13.0. The Morgan fingerprint density at radius 2 is 1.32 bits per heavy atom. The van der Waals surface area contributed by atoms with Crippen molar-refractivity contribution in [1.82, 2.24) is 16.0 Å². The maximum atomic E-state index is 3.65. The Hall–Kier alpha value is -0.120. The SMILES string of the molecule is CNCCCNCCCNCC1CCCCCCC1. The monoisotopic (exact) mass is 269 g/mol. The topological polar surface area (TPSA) is 36.1 Å². The molecule has 114 valence electrons. The van der Waals surface area contributed by atoms with Gasteiger partial charge in [-0.1, -0.05) is 32.1 Å². The van der Waals surface area contributed by atoms with E-state index in [0.717, 1.165) is 25.6 Å². The largest absolute Gasteiger partial charge is 0.320 e. The van der Waals surface area contributed by atoms with Crippen LogP contribution in [0.1, 0.15) is 57.8 Å². The summed E-state index contributed by atoms with van der Waals surface area (Å²) >= 11 is 0. The van der Waals surface area contributed by atoms with E-state index in [0.29, 0.717) is 0 Å². The first-order valence-electron chi connectivity index (χ1n) is 8.49. The van der Waals surface area contributed by atoms with E-state index in [1.54, 1.807) is 0 Å². The molecule has 3 N–H and O–H groups in total. The molecular formula is C16H35N3. The van der Waals surface area contributed by atoms with Crippen LogP contribution in [0.4, 0.5) is 0 Å². The van der Waals surface area contributed by atoms with Crippen LogP contribution in [0.25, 0.3) is 0 Å². The first-order chi connectivity index (χ1) is 9.43. The summed E-state index contributed by atoms with van der Waals surface area (Å²) in [5.41, 5.74) is 0. The molecule has 3 nitrogen and oxygen atoms in total. The zero-order chi connectivity index (χ0) is 13.6. The van der Waals surface area contributed by atoms with E-state index in [9.17, 15) is 0 Å². The van der Waals surface area contributed by atoms with Crippen LogP contribution in [-0.2, 0) is 0 Å². The highest BCUT2D eigenvalue weighted by molar-refractivity contribution is 4.66. The molecule has 0 heterocycles.